The summed E-state index contributed by atoms with van der Waals surface area (Å²) in [5.41, 5.74) is 1.78. The highest BCUT2D eigenvalue weighted by molar-refractivity contribution is 5.73. The van der Waals surface area contributed by atoms with E-state index < -0.39 is 0 Å². The zero-order valence-electron chi connectivity index (χ0n) is 9.55. The Morgan fingerprint density at radius 1 is 1.20 bits per heavy atom. The van der Waals surface area contributed by atoms with Crippen LogP contribution in [-0.2, 0) is 5.41 Å². The summed E-state index contributed by atoms with van der Waals surface area (Å²) in [5, 5.41) is 3.00. The summed E-state index contributed by atoms with van der Waals surface area (Å²) in [6, 6.07) is 3.93. The van der Waals surface area contributed by atoms with Gasteiger partial charge < -0.3 is 10.3 Å². The fourth-order valence-electron chi connectivity index (χ4n) is 1.39. The lowest BCUT2D eigenvalue weighted by Crippen LogP contribution is -2.13. The van der Waals surface area contributed by atoms with E-state index in [-0.39, 0.29) is 5.41 Å². The summed E-state index contributed by atoms with van der Waals surface area (Å²) in [6.45, 7) is 6.39. The first-order chi connectivity index (χ1) is 7.00. The van der Waals surface area contributed by atoms with Gasteiger partial charge in [0.05, 0.1) is 5.52 Å². The van der Waals surface area contributed by atoms with E-state index >= 15 is 0 Å². The summed E-state index contributed by atoms with van der Waals surface area (Å²) in [6.07, 6.45) is 0. The quantitative estimate of drug-likeness (QED) is 0.749. The third-order valence-electron chi connectivity index (χ3n) is 2.31. The van der Waals surface area contributed by atoms with Crippen LogP contribution >= 0.6 is 0 Å². The van der Waals surface area contributed by atoms with Gasteiger partial charge in [-0.25, -0.2) is 9.97 Å². The number of pyridine rings is 1. The van der Waals surface area contributed by atoms with Gasteiger partial charge in [0.15, 0.2) is 5.65 Å². The second kappa shape index (κ2) is 3.22. The first-order valence-corrected chi connectivity index (χ1v) is 5.06. The molecule has 80 valence electrons. The fraction of sp³-hybridized carbons (Fsp3) is 0.455. The number of nitrogens with one attached hydrogen (secondary N) is 2. The first-order valence-electron chi connectivity index (χ1n) is 5.06. The molecule has 0 aliphatic carbocycles. The average molecular weight is 204 g/mol. The zero-order valence-corrected chi connectivity index (χ0v) is 9.55. The fourth-order valence-corrected chi connectivity index (χ4v) is 1.39. The lowest BCUT2D eigenvalue weighted by atomic mass is 9.96. The first kappa shape index (κ1) is 9.96. The smallest absolute Gasteiger partial charge is 0.179 e. The van der Waals surface area contributed by atoms with Crippen molar-refractivity contribution < 1.29 is 0 Å². The van der Waals surface area contributed by atoms with Gasteiger partial charge in [-0.2, -0.15) is 0 Å². The second-order valence-electron chi connectivity index (χ2n) is 4.65. The van der Waals surface area contributed by atoms with Gasteiger partial charge in [-0.1, -0.05) is 20.8 Å². The standard InChI is InChI=1S/C11H16N4/c1-11(2,3)10-13-7-5-6-8(12-4)14-9(7)15-10/h5-6H,1-4H3,(H2,12,13,14,15). The van der Waals surface area contributed by atoms with E-state index in [1.54, 1.807) is 0 Å². The van der Waals surface area contributed by atoms with Gasteiger partial charge in [0.2, 0.25) is 0 Å². The Kier molecular flexibility index (Phi) is 2.14. The number of rotatable bonds is 1. The normalized spacial score (nSPS) is 12.0. The molecule has 0 aliphatic rings. The number of aromatic amines is 1. The predicted molar refractivity (Wildman–Crippen MR) is 62.1 cm³/mol. The molecule has 2 aromatic heterocycles. The van der Waals surface area contributed by atoms with E-state index in [1.807, 2.05) is 19.2 Å². The highest BCUT2D eigenvalue weighted by Crippen LogP contribution is 2.22. The van der Waals surface area contributed by atoms with Crippen LogP contribution < -0.4 is 5.32 Å². The summed E-state index contributed by atoms with van der Waals surface area (Å²) in [4.78, 5) is 12.1. The average Bonchev–Trinajstić information content (AvgIpc) is 2.59. The van der Waals surface area contributed by atoms with Crippen molar-refractivity contribution in [2.45, 2.75) is 26.2 Å². The maximum atomic E-state index is 4.49. The van der Waals surface area contributed by atoms with Crippen LogP contribution in [0.2, 0.25) is 0 Å². The highest BCUT2D eigenvalue weighted by atomic mass is 15.0. The van der Waals surface area contributed by atoms with E-state index in [9.17, 15) is 0 Å². The summed E-state index contributed by atoms with van der Waals surface area (Å²) >= 11 is 0. The van der Waals surface area contributed by atoms with Gasteiger partial charge in [0.1, 0.15) is 11.6 Å². The molecule has 0 radical (unpaired) electrons. The Bertz CT molecular complexity index is 479. The number of fused-ring (bicyclic) bond motifs is 1. The van der Waals surface area contributed by atoms with Crippen molar-refractivity contribution >= 4 is 17.0 Å². The minimum Gasteiger partial charge on any atom is -0.373 e. The van der Waals surface area contributed by atoms with Gasteiger partial charge in [-0.3, -0.25) is 0 Å². The third-order valence-corrected chi connectivity index (χ3v) is 2.31. The Balaban J connectivity index is 2.56. The predicted octanol–water partition coefficient (Wildman–Crippen LogP) is 2.30. The monoisotopic (exact) mass is 204 g/mol. The second-order valence-corrected chi connectivity index (χ2v) is 4.65. The molecule has 0 aliphatic heterocycles. The van der Waals surface area contributed by atoms with Crippen molar-refractivity contribution in [3.05, 3.63) is 18.0 Å². The van der Waals surface area contributed by atoms with Crippen LogP contribution in [0.5, 0.6) is 0 Å². The van der Waals surface area contributed by atoms with Crippen molar-refractivity contribution in [3.63, 3.8) is 0 Å². The van der Waals surface area contributed by atoms with Crippen molar-refractivity contribution in [2.24, 2.45) is 0 Å². The van der Waals surface area contributed by atoms with Gasteiger partial charge in [0.25, 0.3) is 0 Å². The van der Waals surface area contributed by atoms with Crippen molar-refractivity contribution in [1.82, 2.24) is 15.0 Å². The highest BCUT2D eigenvalue weighted by Gasteiger charge is 2.18. The van der Waals surface area contributed by atoms with E-state index in [4.69, 9.17) is 0 Å². The van der Waals surface area contributed by atoms with Crippen LogP contribution in [0.15, 0.2) is 12.1 Å². The molecule has 2 aromatic rings. The minimum absolute atomic E-state index is 0.0283. The Morgan fingerprint density at radius 3 is 2.53 bits per heavy atom. The Labute approximate surface area is 89.1 Å². The summed E-state index contributed by atoms with van der Waals surface area (Å²) in [7, 11) is 1.85. The van der Waals surface area contributed by atoms with Crippen LogP contribution in [-0.4, -0.2) is 22.0 Å². The number of hydrogen-bond donors (Lipinski definition) is 2. The zero-order chi connectivity index (χ0) is 11.1. The number of aromatic nitrogens is 3. The minimum atomic E-state index is 0.0283. The van der Waals surface area contributed by atoms with Gasteiger partial charge in [0, 0.05) is 12.5 Å². The molecular formula is C11H16N4. The van der Waals surface area contributed by atoms with Gasteiger partial charge in [-0.15, -0.1) is 0 Å². The van der Waals surface area contributed by atoms with Gasteiger partial charge >= 0.3 is 0 Å². The number of H-pyrrole nitrogens is 1. The van der Waals surface area contributed by atoms with Crippen LogP contribution in [0, 0.1) is 0 Å². The Hall–Kier alpha value is -1.58. The van der Waals surface area contributed by atoms with Crippen LogP contribution in [0.25, 0.3) is 11.2 Å². The number of imidazole rings is 1. The molecule has 0 fully saturated rings. The molecular weight excluding hydrogens is 188 g/mol. The SMILES string of the molecule is CNc1ccc2[nH]c(C(C)(C)C)nc2n1. The van der Waals surface area contributed by atoms with Crippen molar-refractivity contribution in [3.8, 4) is 0 Å². The lowest BCUT2D eigenvalue weighted by Gasteiger charge is -2.13. The Morgan fingerprint density at radius 2 is 1.93 bits per heavy atom. The molecule has 0 atom stereocenters. The number of nitrogens with zero attached hydrogens (tertiary/aromatic N) is 2. The molecule has 4 heteroatoms. The van der Waals surface area contributed by atoms with E-state index in [0.29, 0.717) is 0 Å². The number of anilines is 1. The van der Waals surface area contributed by atoms with E-state index in [2.05, 4.69) is 41.0 Å². The number of hydrogen-bond acceptors (Lipinski definition) is 3. The molecule has 0 unspecified atom stereocenters. The molecule has 0 spiro atoms. The molecule has 15 heavy (non-hydrogen) atoms. The lowest BCUT2D eigenvalue weighted by molar-refractivity contribution is 0.554. The molecule has 0 saturated heterocycles. The molecule has 0 saturated carbocycles. The maximum absolute atomic E-state index is 4.49. The van der Waals surface area contributed by atoms with Crippen molar-refractivity contribution in [2.75, 3.05) is 12.4 Å². The van der Waals surface area contributed by atoms with Crippen LogP contribution in [0.4, 0.5) is 5.82 Å². The van der Waals surface area contributed by atoms with Crippen molar-refractivity contribution in [1.29, 1.82) is 0 Å². The van der Waals surface area contributed by atoms with Crippen LogP contribution in [0.1, 0.15) is 26.6 Å². The topological polar surface area (TPSA) is 53.6 Å². The molecule has 0 bridgehead atoms. The third kappa shape index (κ3) is 1.79. The van der Waals surface area contributed by atoms with Crippen LogP contribution in [0.3, 0.4) is 0 Å². The van der Waals surface area contributed by atoms with E-state index in [0.717, 1.165) is 22.8 Å². The van der Waals surface area contributed by atoms with E-state index in [1.165, 1.54) is 0 Å². The molecule has 2 rings (SSSR count). The summed E-state index contributed by atoms with van der Waals surface area (Å²) in [5.74, 6) is 1.81. The molecule has 4 nitrogen and oxygen atoms in total. The van der Waals surface area contributed by atoms with Gasteiger partial charge in [-0.05, 0) is 12.1 Å². The summed E-state index contributed by atoms with van der Waals surface area (Å²) < 4.78 is 0. The molecule has 0 aromatic carbocycles. The molecule has 2 heterocycles. The molecule has 2 N–H and O–H groups in total. The molecule has 0 amide bonds. The largest absolute Gasteiger partial charge is 0.373 e. The maximum Gasteiger partial charge on any atom is 0.179 e.